The Morgan fingerprint density at radius 1 is 0.742 bits per heavy atom. The Hall–Kier alpha value is -4.33. The Bertz CT molecular complexity index is 1400. The van der Waals surface area contributed by atoms with Crippen molar-refractivity contribution in [2.45, 2.75) is 6.92 Å². The second-order valence-electron chi connectivity index (χ2n) is 6.75. The molecule has 0 saturated carbocycles. The van der Waals surface area contributed by atoms with E-state index in [9.17, 15) is 14.4 Å². The molecule has 0 aliphatic rings. The smallest absolute Gasteiger partial charge is 0.345 e. The number of rotatable bonds is 5. The number of nitrogens with zero attached hydrogens (tertiary/aromatic N) is 2. The van der Waals surface area contributed by atoms with Crippen molar-refractivity contribution in [3.05, 3.63) is 110 Å². The van der Waals surface area contributed by atoms with E-state index in [4.69, 9.17) is 9.47 Å². The molecule has 0 saturated heterocycles. The van der Waals surface area contributed by atoms with Gasteiger partial charge in [-0.05, 0) is 67.1 Å². The Morgan fingerprint density at radius 3 is 1.97 bits per heavy atom. The van der Waals surface area contributed by atoms with E-state index in [2.05, 4.69) is 4.98 Å². The predicted molar refractivity (Wildman–Crippen MR) is 116 cm³/mol. The van der Waals surface area contributed by atoms with Crippen molar-refractivity contribution in [1.29, 1.82) is 0 Å². The number of aromatic nitrogens is 3. The van der Waals surface area contributed by atoms with Crippen molar-refractivity contribution in [2.75, 3.05) is 7.11 Å². The number of hydrogen-bond acceptors (Lipinski definition) is 5. The summed E-state index contributed by atoms with van der Waals surface area (Å²) < 4.78 is 12.8. The van der Waals surface area contributed by atoms with Crippen LogP contribution in [0.15, 0.2) is 87.2 Å². The zero-order valence-corrected chi connectivity index (χ0v) is 16.9. The van der Waals surface area contributed by atoms with Gasteiger partial charge in [-0.3, -0.25) is 4.98 Å². The standard InChI is InChI=1S/C23H19N3O5/c1-15-14-17(10-13-20(15)31-19-6-4-3-5-7-19)26-22(28)24-21(27)25(23(26)29)16-8-11-18(30-2)12-9-16/h3-14H,1-2H3,(H,24,27,28). The van der Waals surface area contributed by atoms with Crippen molar-refractivity contribution in [1.82, 2.24) is 14.1 Å². The van der Waals surface area contributed by atoms with Crippen LogP contribution in [0, 0.1) is 6.92 Å². The summed E-state index contributed by atoms with van der Waals surface area (Å²) in [6.45, 7) is 1.81. The van der Waals surface area contributed by atoms with Gasteiger partial charge in [-0.25, -0.2) is 23.5 Å². The topological polar surface area (TPSA) is 95.3 Å². The summed E-state index contributed by atoms with van der Waals surface area (Å²) in [6.07, 6.45) is 0. The van der Waals surface area contributed by atoms with E-state index in [1.54, 1.807) is 49.4 Å². The normalized spacial score (nSPS) is 10.6. The fourth-order valence-corrected chi connectivity index (χ4v) is 3.17. The molecular weight excluding hydrogens is 398 g/mol. The molecule has 4 aromatic rings. The lowest BCUT2D eigenvalue weighted by atomic mass is 10.2. The molecule has 4 rings (SSSR count). The van der Waals surface area contributed by atoms with Gasteiger partial charge in [0.2, 0.25) is 0 Å². The van der Waals surface area contributed by atoms with Gasteiger partial charge >= 0.3 is 17.1 Å². The molecule has 1 N–H and O–H groups in total. The first-order valence-corrected chi connectivity index (χ1v) is 9.44. The quantitative estimate of drug-likeness (QED) is 0.539. The van der Waals surface area contributed by atoms with Crippen LogP contribution in [-0.4, -0.2) is 21.2 Å². The van der Waals surface area contributed by atoms with Crippen LogP contribution in [0.3, 0.4) is 0 Å². The molecule has 0 unspecified atom stereocenters. The summed E-state index contributed by atoms with van der Waals surface area (Å²) in [7, 11) is 1.52. The fourth-order valence-electron chi connectivity index (χ4n) is 3.17. The minimum absolute atomic E-state index is 0.307. The van der Waals surface area contributed by atoms with Crippen LogP contribution < -0.4 is 26.5 Å². The summed E-state index contributed by atoms with van der Waals surface area (Å²) in [4.78, 5) is 40.1. The van der Waals surface area contributed by atoms with Gasteiger partial charge < -0.3 is 9.47 Å². The number of para-hydroxylation sites is 1. The molecule has 1 aromatic heterocycles. The van der Waals surface area contributed by atoms with E-state index in [1.165, 1.54) is 7.11 Å². The lowest BCUT2D eigenvalue weighted by molar-refractivity contribution is 0.414. The van der Waals surface area contributed by atoms with Crippen molar-refractivity contribution in [2.24, 2.45) is 0 Å². The number of H-pyrrole nitrogens is 1. The number of hydrogen-bond donors (Lipinski definition) is 1. The van der Waals surface area contributed by atoms with Crippen molar-refractivity contribution < 1.29 is 9.47 Å². The molecule has 156 valence electrons. The molecule has 3 aromatic carbocycles. The Balaban J connectivity index is 1.79. The van der Waals surface area contributed by atoms with Crippen molar-refractivity contribution in [3.8, 4) is 28.6 Å². The highest BCUT2D eigenvalue weighted by Gasteiger charge is 2.14. The third-order valence-corrected chi connectivity index (χ3v) is 4.72. The molecule has 0 atom stereocenters. The average Bonchev–Trinajstić information content (AvgIpc) is 2.76. The van der Waals surface area contributed by atoms with Crippen LogP contribution >= 0.6 is 0 Å². The van der Waals surface area contributed by atoms with Crippen LogP contribution in [0.4, 0.5) is 0 Å². The van der Waals surface area contributed by atoms with Crippen molar-refractivity contribution in [3.63, 3.8) is 0 Å². The maximum atomic E-state index is 13.1. The lowest BCUT2D eigenvalue weighted by Crippen LogP contribution is -2.48. The second kappa shape index (κ2) is 8.19. The molecule has 8 nitrogen and oxygen atoms in total. The Kier molecular flexibility index (Phi) is 5.28. The van der Waals surface area contributed by atoms with Crippen LogP contribution in [0.2, 0.25) is 0 Å². The molecule has 0 fully saturated rings. The number of ether oxygens (including phenoxy) is 2. The van der Waals surface area contributed by atoms with Crippen LogP contribution in [0.25, 0.3) is 11.4 Å². The zero-order chi connectivity index (χ0) is 22.0. The molecule has 0 aliphatic carbocycles. The SMILES string of the molecule is COc1ccc(-n2c(=O)[nH]c(=O)n(-c3ccc(Oc4ccccc4)c(C)c3)c2=O)cc1. The highest BCUT2D eigenvalue weighted by Crippen LogP contribution is 2.26. The molecule has 8 heteroatoms. The van der Waals surface area contributed by atoms with E-state index in [0.717, 1.165) is 14.7 Å². The summed E-state index contributed by atoms with van der Waals surface area (Å²) in [5.41, 5.74) is -1.09. The Morgan fingerprint density at radius 2 is 1.35 bits per heavy atom. The molecule has 0 radical (unpaired) electrons. The number of methoxy groups -OCH3 is 1. The van der Waals surface area contributed by atoms with Gasteiger partial charge in [-0.15, -0.1) is 0 Å². The van der Waals surface area contributed by atoms with Crippen LogP contribution in [-0.2, 0) is 0 Å². The first kappa shape index (κ1) is 20.0. The highest BCUT2D eigenvalue weighted by molar-refractivity contribution is 5.45. The largest absolute Gasteiger partial charge is 0.497 e. The number of nitrogens with one attached hydrogen (secondary N) is 1. The van der Waals surface area contributed by atoms with Crippen molar-refractivity contribution >= 4 is 0 Å². The first-order valence-electron chi connectivity index (χ1n) is 9.44. The van der Waals surface area contributed by atoms with E-state index >= 15 is 0 Å². The third kappa shape index (κ3) is 3.91. The van der Waals surface area contributed by atoms with Crippen LogP contribution in [0.1, 0.15) is 5.56 Å². The summed E-state index contributed by atoms with van der Waals surface area (Å²) >= 11 is 0. The van der Waals surface area contributed by atoms with Gasteiger partial charge in [0, 0.05) is 0 Å². The lowest BCUT2D eigenvalue weighted by Gasteiger charge is -2.12. The minimum atomic E-state index is -0.823. The monoisotopic (exact) mass is 417 g/mol. The molecule has 0 aliphatic heterocycles. The first-order chi connectivity index (χ1) is 15.0. The summed E-state index contributed by atoms with van der Waals surface area (Å²) in [5, 5.41) is 0. The predicted octanol–water partition coefficient (Wildman–Crippen LogP) is 2.79. The van der Waals surface area contributed by atoms with Crippen LogP contribution in [0.5, 0.6) is 17.2 Å². The zero-order valence-electron chi connectivity index (χ0n) is 16.9. The molecule has 0 spiro atoms. The van der Waals surface area contributed by atoms with E-state index in [1.807, 2.05) is 30.3 Å². The van der Waals surface area contributed by atoms with Gasteiger partial charge in [-0.2, -0.15) is 0 Å². The van der Waals surface area contributed by atoms with Gasteiger partial charge in [0.15, 0.2) is 0 Å². The number of aryl methyl sites for hydroxylation is 1. The molecule has 1 heterocycles. The van der Waals surface area contributed by atoms with Gasteiger partial charge in [-0.1, -0.05) is 18.2 Å². The van der Waals surface area contributed by atoms with E-state index in [-0.39, 0.29) is 0 Å². The Labute approximate surface area is 176 Å². The summed E-state index contributed by atoms with van der Waals surface area (Å²) in [5.74, 6) is 1.83. The van der Waals surface area contributed by atoms with Gasteiger partial charge in [0.25, 0.3) is 0 Å². The second-order valence-corrected chi connectivity index (χ2v) is 6.75. The van der Waals surface area contributed by atoms with E-state index < -0.39 is 17.1 Å². The average molecular weight is 417 g/mol. The number of benzene rings is 3. The third-order valence-electron chi connectivity index (χ3n) is 4.72. The highest BCUT2D eigenvalue weighted by atomic mass is 16.5. The maximum absolute atomic E-state index is 13.1. The van der Waals surface area contributed by atoms with Gasteiger partial charge in [0.05, 0.1) is 18.5 Å². The van der Waals surface area contributed by atoms with E-state index in [0.29, 0.717) is 28.6 Å². The fraction of sp³-hybridized carbons (Fsp3) is 0.0870. The molecule has 0 bridgehead atoms. The molecule has 31 heavy (non-hydrogen) atoms. The molecule has 0 amide bonds. The summed E-state index contributed by atoms with van der Waals surface area (Å²) in [6, 6.07) is 20.5. The van der Waals surface area contributed by atoms with Gasteiger partial charge in [0.1, 0.15) is 17.2 Å². The minimum Gasteiger partial charge on any atom is -0.497 e. The number of aromatic amines is 1. The maximum Gasteiger partial charge on any atom is 0.345 e. The molecular formula is C23H19N3O5.